The summed E-state index contributed by atoms with van der Waals surface area (Å²) in [5.74, 6) is 0. The Labute approximate surface area is 114 Å². The van der Waals surface area contributed by atoms with Gasteiger partial charge in [0.25, 0.3) is 15.7 Å². The minimum Gasteiger partial charge on any atom is -0.387 e. The van der Waals surface area contributed by atoms with Crippen molar-refractivity contribution in [2.24, 2.45) is 0 Å². The Balaban J connectivity index is 2.43. The van der Waals surface area contributed by atoms with Crippen LogP contribution in [0.3, 0.4) is 0 Å². The first-order valence-corrected chi connectivity index (χ1v) is 6.90. The molecule has 0 fully saturated rings. The summed E-state index contributed by atoms with van der Waals surface area (Å²) < 4.78 is 26.7. The number of nitrogens with zero attached hydrogens (tertiary/aromatic N) is 2. The van der Waals surface area contributed by atoms with Crippen LogP contribution in [0.1, 0.15) is 0 Å². The standard InChI is InChI=1S/C10H11N5O4S/c1-11-9-4-8(15(16)17)2-3-10(9)20(18,19)14-7-5-12-13-6-7/h2-6,11,14H,1H3,(H,12,13). The van der Waals surface area contributed by atoms with Gasteiger partial charge in [-0.1, -0.05) is 0 Å². The molecule has 1 heterocycles. The maximum absolute atomic E-state index is 12.2. The number of rotatable bonds is 5. The van der Waals surface area contributed by atoms with Gasteiger partial charge in [0.15, 0.2) is 0 Å². The Kier molecular flexibility index (Phi) is 3.57. The zero-order chi connectivity index (χ0) is 14.8. The van der Waals surface area contributed by atoms with Crippen molar-refractivity contribution in [2.45, 2.75) is 4.90 Å². The lowest BCUT2D eigenvalue weighted by Crippen LogP contribution is -2.14. The first-order valence-electron chi connectivity index (χ1n) is 5.42. The summed E-state index contributed by atoms with van der Waals surface area (Å²) in [6.45, 7) is 0. The third kappa shape index (κ3) is 2.69. The molecular formula is C10H11N5O4S. The maximum Gasteiger partial charge on any atom is 0.271 e. The largest absolute Gasteiger partial charge is 0.387 e. The first kappa shape index (κ1) is 13.8. The van der Waals surface area contributed by atoms with Crippen LogP contribution in [0.5, 0.6) is 0 Å². The summed E-state index contributed by atoms with van der Waals surface area (Å²) in [5, 5.41) is 19.4. The third-order valence-corrected chi connectivity index (χ3v) is 3.92. The molecule has 1 aromatic carbocycles. The van der Waals surface area contributed by atoms with Crippen molar-refractivity contribution in [2.75, 3.05) is 17.1 Å². The van der Waals surface area contributed by atoms with Crippen LogP contribution in [-0.2, 0) is 10.0 Å². The maximum atomic E-state index is 12.2. The Morgan fingerprint density at radius 1 is 1.40 bits per heavy atom. The molecule has 0 saturated heterocycles. The van der Waals surface area contributed by atoms with Crippen molar-refractivity contribution in [3.63, 3.8) is 0 Å². The Hall–Kier alpha value is -2.62. The predicted octanol–water partition coefficient (Wildman–Crippen LogP) is 1.16. The summed E-state index contributed by atoms with van der Waals surface area (Å²) in [7, 11) is -2.38. The van der Waals surface area contributed by atoms with E-state index < -0.39 is 14.9 Å². The molecule has 0 aliphatic rings. The SMILES string of the molecule is CNc1cc([N+](=O)[O-])ccc1S(=O)(=O)Nc1cn[nH]c1. The summed E-state index contributed by atoms with van der Waals surface area (Å²) >= 11 is 0. The van der Waals surface area contributed by atoms with Gasteiger partial charge in [-0.3, -0.25) is 19.9 Å². The number of nitrogens with one attached hydrogen (secondary N) is 3. The number of non-ortho nitro benzene ring substituents is 1. The topological polar surface area (TPSA) is 130 Å². The molecule has 0 saturated carbocycles. The van der Waals surface area contributed by atoms with Gasteiger partial charge in [0.05, 0.1) is 22.5 Å². The number of aromatic amines is 1. The summed E-state index contributed by atoms with van der Waals surface area (Å²) in [4.78, 5) is 10.00. The van der Waals surface area contributed by atoms with Gasteiger partial charge < -0.3 is 5.32 Å². The van der Waals surface area contributed by atoms with Gasteiger partial charge in [-0.25, -0.2) is 8.42 Å². The molecule has 0 bridgehead atoms. The molecule has 0 spiro atoms. The van der Waals surface area contributed by atoms with Crippen LogP contribution in [0.2, 0.25) is 0 Å². The molecular weight excluding hydrogens is 286 g/mol. The van der Waals surface area contributed by atoms with Crippen LogP contribution in [0.25, 0.3) is 0 Å². The molecule has 0 aliphatic heterocycles. The van der Waals surface area contributed by atoms with E-state index in [2.05, 4.69) is 20.2 Å². The highest BCUT2D eigenvalue weighted by Gasteiger charge is 2.21. The molecule has 0 atom stereocenters. The Morgan fingerprint density at radius 3 is 2.70 bits per heavy atom. The fourth-order valence-corrected chi connectivity index (χ4v) is 2.81. The predicted molar refractivity (Wildman–Crippen MR) is 72.0 cm³/mol. The van der Waals surface area contributed by atoms with Gasteiger partial charge in [0.1, 0.15) is 4.90 Å². The van der Waals surface area contributed by atoms with Crippen molar-refractivity contribution < 1.29 is 13.3 Å². The molecule has 2 aromatic rings. The van der Waals surface area contributed by atoms with Crippen LogP contribution in [0.15, 0.2) is 35.5 Å². The monoisotopic (exact) mass is 297 g/mol. The summed E-state index contributed by atoms with van der Waals surface area (Å²) in [6.07, 6.45) is 2.68. The number of sulfonamides is 1. The van der Waals surface area contributed by atoms with E-state index in [4.69, 9.17) is 0 Å². The fourth-order valence-electron chi connectivity index (χ4n) is 1.58. The number of benzene rings is 1. The number of hydrogen-bond acceptors (Lipinski definition) is 6. The molecule has 0 amide bonds. The highest BCUT2D eigenvalue weighted by atomic mass is 32.2. The van der Waals surface area contributed by atoms with Crippen LogP contribution in [0, 0.1) is 10.1 Å². The molecule has 2 rings (SSSR count). The fraction of sp³-hybridized carbons (Fsp3) is 0.100. The van der Waals surface area contributed by atoms with Crippen LogP contribution in [-0.4, -0.2) is 30.6 Å². The van der Waals surface area contributed by atoms with Crippen LogP contribution >= 0.6 is 0 Å². The van der Waals surface area contributed by atoms with Gasteiger partial charge in [-0.15, -0.1) is 0 Å². The van der Waals surface area contributed by atoms with E-state index in [0.29, 0.717) is 0 Å². The number of hydrogen-bond donors (Lipinski definition) is 3. The molecule has 0 unspecified atom stereocenters. The minimum atomic E-state index is -3.86. The van der Waals surface area contributed by atoms with E-state index in [1.165, 1.54) is 25.5 Å². The second kappa shape index (κ2) is 5.17. The van der Waals surface area contributed by atoms with Gasteiger partial charge in [-0.05, 0) is 6.07 Å². The molecule has 10 heteroatoms. The van der Waals surface area contributed by atoms with Crippen LogP contribution < -0.4 is 10.0 Å². The number of nitro groups is 1. The average Bonchev–Trinajstić information content (AvgIpc) is 2.89. The zero-order valence-electron chi connectivity index (χ0n) is 10.3. The third-order valence-electron chi connectivity index (χ3n) is 2.48. The quantitative estimate of drug-likeness (QED) is 0.560. The van der Waals surface area contributed by atoms with Crippen LogP contribution in [0.4, 0.5) is 17.1 Å². The summed E-state index contributed by atoms with van der Waals surface area (Å²) in [6, 6.07) is 3.46. The van der Waals surface area contributed by atoms with Gasteiger partial charge in [0.2, 0.25) is 0 Å². The Morgan fingerprint density at radius 2 is 2.15 bits per heavy atom. The lowest BCUT2D eigenvalue weighted by Gasteiger charge is -2.10. The van der Waals surface area contributed by atoms with Crippen molar-refractivity contribution in [1.82, 2.24) is 10.2 Å². The van der Waals surface area contributed by atoms with Crippen molar-refractivity contribution in [3.8, 4) is 0 Å². The highest BCUT2D eigenvalue weighted by molar-refractivity contribution is 7.92. The number of H-pyrrole nitrogens is 1. The molecule has 1 aromatic heterocycles. The zero-order valence-corrected chi connectivity index (χ0v) is 11.1. The van der Waals surface area contributed by atoms with Crippen molar-refractivity contribution >= 4 is 27.1 Å². The second-order valence-electron chi connectivity index (χ2n) is 3.78. The highest BCUT2D eigenvalue weighted by Crippen LogP contribution is 2.27. The molecule has 106 valence electrons. The number of nitro benzene ring substituents is 1. The normalized spacial score (nSPS) is 11.1. The lowest BCUT2D eigenvalue weighted by molar-refractivity contribution is -0.384. The minimum absolute atomic E-state index is 0.0909. The lowest BCUT2D eigenvalue weighted by atomic mass is 10.3. The summed E-state index contributed by atoms with van der Waals surface area (Å²) in [5.41, 5.74) is 0.206. The van der Waals surface area contributed by atoms with E-state index in [1.54, 1.807) is 0 Å². The molecule has 0 radical (unpaired) electrons. The first-order chi connectivity index (χ1) is 9.44. The van der Waals surface area contributed by atoms with E-state index >= 15 is 0 Å². The second-order valence-corrected chi connectivity index (χ2v) is 5.43. The van der Waals surface area contributed by atoms with Crippen molar-refractivity contribution in [3.05, 3.63) is 40.7 Å². The molecule has 9 nitrogen and oxygen atoms in total. The molecule has 3 N–H and O–H groups in total. The average molecular weight is 297 g/mol. The van der Waals surface area contributed by atoms with Crippen molar-refractivity contribution in [1.29, 1.82) is 0 Å². The number of aromatic nitrogens is 2. The van der Waals surface area contributed by atoms with Gasteiger partial charge in [-0.2, -0.15) is 5.10 Å². The van der Waals surface area contributed by atoms with E-state index in [9.17, 15) is 18.5 Å². The van der Waals surface area contributed by atoms with E-state index in [1.807, 2.05) is 0 Å². The number of anilines is 2. The Bertz CT molecular complexity index is 726. The smallest absolute Gasteiger partial charge is 0.271 e. The van der Waals surface area contributed by atoms with Gasteiger partial charge >= 0.3 is 0 Å². The van der Waals surface area contributed by atoms with E-state index in [0.717, 1.165) is 12.1 Å². The van der Waals surface area contributed by atoms with E-state index in [-0.39, 0.29) is 22.0 Å². The molecule has 20 heavy (non-hydrogen) atoms. The van der Waals surface area contributed by atoms with Gasteiger partial charge in [0, 0.05) is 25.4 Å². The molecule has 0 aliphatic carbocycles.